The average Bonchev–Trinajstić information content (AvgIpc) is 3.12. The van der Waals surface area contributed by atoms with E-state index in [1.165, 1.54) is 30.5 Å². The zero-order valence-electron chi connectivity index (χ0n) is 16.2. The monoisotopic (exact) mass is 427 g/mol. The van der Waals surface area contributed by atoms with E-state index in [4.69, 9.17) is 9.47 Å². The molecule has 0 saturated carbocycles. The molecule has 1 heterocycles. The molecule has 0 aliphatic rings. The van der Waals surface area contributed by atoms with E-state index in [1.54, 1.807) is 24.3 Å². The van der Waals surface area contributed by atoms with Crippen LogP contribution in [0.25, 0.3) is 10.9 Å². The van der Waals surface area contributed by atoms with Gasteiger partial charge in [0, 0.05) is 30.1 Å². The van der Waals surface area contributed by atoms with Gasteiger partial charge >= 0.3 is 18.2 Å². The summed E-state index contributed by atoms with van der Waals surface area (Å²) in [5.74, 6) is -0.720. The number of nitrogens with one attached hydrogen (secondary N) is 1. The Morgan fingerprint density at radius 3 is 2.45 bits per heavy atom. The van der Waals surface area contributed by atoms with Crippen molar-refractivity contribution >= 4 is 34.7 Å². The number of rotatable bonds is 6. The van der Waals surface area contributed by atoms with Crippen molar-refractivity contribution in [3.8, 4) is 5.75 Å². The van der Waals surface area contributed by atoms with E-state index >= 15 is 0 Å². The Bertz CT molecular complexity index is 1150. The van der Waals surface area contributed by atoms with Gasteiger partial charge in [0.25, 0.3) is 5.69 Å². The summed E-state index contributed by atoms with van der Waals surface area (Å²) >= 11 is 0. The summed E-state index contributed by atoms with van der Waals surface area (Å²) in [6, 6.07) is 10.4. The number of methoxy groups -OCH3 is 1. The highest BCUT2D eigenvalue weighted by Gasteiger charge is 2.25. The van der Waals surface area contributed by atoms with E-state index in [0.717, 1.165) is 11.7 Å². The third-order valence-electron chi connectivity index (χ3n) is 4.46. The number of nitro groups is 1. The van der Waals surface area contributed by atoms with Crippen LogP contribution >= 0.6 is 0 Å². The van der Waals surface area contributed by atoms with Crippen molar-refractivity contribution in [3.05, 3.63) is 70.4 Å². The minimum atomic E-state index is -1.19. The van der Waals surface area contributed by atoms with E-state index in [2.05, 4.69) is 5.32 Å². The van der Waals surface area contributed by atoms with E-state index in [9.17, 15) is 29.6 Å². The van der Waals surface area contributed by atoms with Crippen LogP contribution < -0.4 is 10.1 Å². The lowest BCUT2D eigenvalue weighted by Crippen LogP contribution is -2.44. The summed E-state index contributed by atoms with van der Waals surface area (Å²) < 4.78 is 10.8. The molecule has 0 saturated heterocycles. The van der Waals surface area contributed by atoms with Crippen molar-refractivity contribution in [3.63, 3.8) is 0 Å². The first kappa shape index (κ1) is 21.3. The Morgan fingerprint density at radius 1 is 1.16 bits per heavy atom. The normalized spacial score (nSPS) is 11.5. The van der Waals surface area contributed by atoms with Crippen LogP contribution in [0.5, 0.6) is 5.75 Å². The number of carboxylic acid groups (broad SMARTS) is 1. The molecule has 3 rings (SSSR count). The molecular weight excluding hydrogens is 410 g/mol. The summed E-state index contributed by atoms with van der Waals surface area (Å²) in [5.41, 5.74) is 0.765. The van der Waals surface area contributed by atoms with Gasteiger partial charge in [-0.15, -0.1) is 0 Å². The highest BCUT2D eigenvalue weighted by molar-refractivity contribution is 5.92. The fourth-order valence-electron chi connectivity index (χ4n) is 3.04. The number of benzene rings is 2. The van der Waals surface area contributed by atoms with Crippen LogP contribution in [0.15, 0.2) is 54.7 Å². The van der Waals surface area contributed by atoms with E-state index < -0.39 is 29.1 Å². The molecule has 0 aliphatic carbocycles. The predicted octanol–water partition coefficient (Wildman–Crippen LogP) is 2.95. The fourth-order valence-corrected chi connectivity index (χ4v) is 3.04. The van der Waals surface area contributed by atoms with Crippen LogP contribution in [0.2, 0.25) is 0 Å². The summed E-state index contributed by atoms with van der Waals surface area (Å²) in [4.78, 5) is 46.1. The number of carbonyl (C=O) groups is 3. The number of carbonyl (C=O) groups excluding carboxylic acids is 2. The summed E-state index contributed by atoms with van der Waals surface area (Å²) in [6.07, 6.45) is -0.858. The molecule has 2 aromatic carbocycles. The molecule has 0 fully saturated rings. The predicted molar refractivity (Wildman–Crippen MR) is 107 cm³/mol. The van der Waals surface area contributed by atoms with Crippen molar-refractivity contribution in [2.24, 2.45) is 0 Å². The first-order valence-electron chi connectivity index (χ1n) is 8.93. The molecular formula is C20H17N3O8. The lowest BCUT2D eigenvalue weighted by atomic mass is 10.1. The number of amides is 1. The number of esters is 1. The molecule has 1 atom stereocenters. The van der Waals surface area contributed by atoms with Crippen LogP contribution in [-0.2, 0) is 16.0 Å². The Hall–Kier alpha value is -4.41. The van der Waals surface area contributed by atoms with Gasteiger partial charge in [-0.3, -0.25) is 14.7 Å². The molecule has 160 valence electrons. The standard InChI is InChI=1S/C20H17N3O8/c1-30-18(24)16(21-19(25)31-14-8-6-13(7-9-14)23(28)29)10-12-11-22(20(26)27)17-5-3-2-4-15(12)17/h2-9,11,16H,10H2,1H3,(H,21,25)(H,26,27)/t16-/m0/s1. The number of non-ortho nitro benzene ring substituents is 1. The largest absolute Gasteiger partial charge is 0.467 e. The maximum atomic E-state index is 12.3. The second-order valence-corrected chi connectivity index (χ2v) is 6.39. The molecule has 0 bridgehead atoms. The first-order valence-corrected chi connectivity index (χ1v) is 8.93. The highest BCUT2D eigenvalue weighted by atomic mass is 16.6. The van der Waals surface area contributed by atoms with Crippen molar-refractivity contribution < 1.29 is 33.9 Å². The number of para-hydroxylation sites is 1. The molecule has 31 heavy (non-hydrogen) atoms. The third kappa shape index (κ3) is 4.78. The van der Waals surface area contributed by atoms with Crippen molar-refractivity contribution in [1.82, 2.24) is 9.88 Å². The molecule has 0 radical (unpaired) electrons. The second-order valence-electron chi connectivity index (χ2n) is 6.39. The molecule has 1 aromatic heterocycles. The smallest absolute Gasteiger partial charge is 0.416 e. The number of nitro benzene ring substituents is 1. The number of hydrogen-bond acceptors (Lipinski definition) is 7. The van der Waals surface area contributed by atoms with Gasteiger partial charge in [0.15, 0.2) is 0 Å². The molecule has 11 heteroatoms. The summed E-state index contributed by atoms with van der Waals surface area (Å²) in [6.45, 7) is 0. The quantitative estimate of drug-likeness (QED) is 0.346. The zero-order valence-corrected chi connectivity index (χ0v) is 16.2. The SMILES string of the molecule is COC(=O)[C@H](Cc1cn(C(=O)O)c2ccccc12)NC(=O)Oc1ccc([N+](=O)[O-])cc1. The highest BCUT2D eigenvalue weighted by Crippen LogP contribution is 2.23. The molecule has 3 aromatic rings. The maximum Gasteiger partial charge on any atom is 0.416 e. The van der Waals surface area contributed by atoms with Gasteiger partial charge in [-0.1, -0.05) is 18.2 Å². The lowest BCUT2D eigenvalue weighted by molar-refractivity contribution is -0.384. The van der Waals surface area contributed by atoms with Gasteiger partial charge in [-0.25, -0.2) is 14.4 Å². The van der Waals surface area contributed by atoms with Gasteiger partial charge < -0.3 is 19.9 Å². The maximum absolute atomic E-state index is 12.3. The number of aromatic nitrogens is 1. The van der Waals surface area contributed by atoms with Crippen molar-refractivity contribution in [1.29, 1.82) is 0 Å². The van der Waals surface area contributed by atoms with Crippen molar-refractivity contribution in [2.75, 3.05) is 7.11 Å². The van der Waals surface area contributed by atoms with E-state index in [1.807, 2.05) is 0 Å². The van der Waals surface area contributed by atoms with E-state index in [-0.39, 0.29) is 17.9 Å². The first-order chi connectivity index (χ1) is 14.8. The Labute approximate surface area is 174 Å². The summed E-state index contributed by atoms with van der Waals surface area (Å²) in [5, 5.41) is 23.1. The molecule has 0 spiro atoms. The van der Waals surface area contributed by atoms with Crippen LogP contribution in [-0.4, -0.2) is 45.9 Å². The van der Waals surface area contributed by atoms with Gasteiger partial charge in [-0.05, 0) is 23.8 Å². The fraction of sp³-hybridized carbons (Fsp3) is 0.150. The van der Waals surface area contributed by atoms with Crippen LogP contribution in [0.1, 0.15) is 5.56 Å². The van der Waals surface area contributed by atoms with Gasteiger partial charge in [0.2, 0.25) is 0 Å². The summed E-state index contributed by atoms with van der Waals surface area (Å²) in [7, 11) is 1.15. The number of ether oxygens (including phenoxy) is 2. The Balaban J connectivity index is 1.79. The zero-order chi connectivity index (χ0) is 22.5. The van der Waals surface area contributed by atoms with Crippen LogP contribution in [0.3, 0.4) is 0 Å². The minimum Gasteiger partial charge on any atom is -0.467 e. The topological polar surface area (TPSA) is 150 Å². The lowest BCUT2D eigenvalue weighted by Gasteiger charge is -2.16. The van der Waals surface area contributed by atoms with Gasteiger partial charge in [0.1, 0.15) is 11.8 Å². The van der Waals surface area contributed by atoms with Crippen LogP contribution in [0.4, 0.5) is 15.3 Å². The average molecular weight is 427 g/mol. The second kappa shape index (κ2) is 8.95. The van der Waals surface area contributed by atoms with Gasteiger partial charge in [-0.2, -0.15) is 0 Å². The Morgan fingerprint density at radius 2 is 1.84 bits per heavy atom. The third-order valence-corrected chi connectivity index (χ3v) is 4.46. The Kier molecular flexibility index (Phi) is 6.15. The molecule has 0 aliphatic heterocycles. The number of nitrogens with zero attached hydrogens (tertiary/aromatic N) is 2. The number of hydrogen-bond donors (Lipinski definition) is 2. The minimum absolute atomic E-state index is 0.0363. The molecule has 2 N–H and O–H groups in total. The molecule has 0 unspecified atom stereocenters. The van der Waals surface area contributed by atoms with Gasteiger partial charge in [0.05, 0.1) is 17.5 Å². The van der Waals surface area contributed by atoms with E-state index in [0.29, 0.717) is 16.5 Å². The van der Waals surface area contributed by atoms with Crippen molar-refractivity contribution in [2.45, 2.75) is 12.5 Å². The molecule has 11 nitrogen and oxygen atoms in total. The molecule has 1 amide bonds. The van der Waals surface area contributed by atoms with Crippen LogP contribution in [0, 0.1) is 10.1 Å². The number of fused-ring (bicyclic) bond motifs is 1.